The maximum Gasteiger partial charge on any atom is 0.416 e. The number of benzene rings is 3. The first-order chi connectivity index (χ1) is 16.8. The monoisotopic (exact) mass is 525 g/mol. The lowest BCUT2D eigenvalue weighted by molar-refractivity contribution is -0.143. The largest absolute Gasteiger partial charge is 0.416 e. The van der Waals surface area contributed by atoms with Crippen molar-refractivity contribution in [1.29, 1.82) is 0 Å². The molecular weight excluding hydrogens is 499 g/mol. The van der Waals surface area contributed by atoms with Gasteiger partial charge in [-0.05, 0) is 48.8 Å². The molecule has 0 fully saturated rings. The van der Waals surface area contributed by atoms with Crippen LogP contribution in [0.1, 0.15) is 35.3 Å². The molecule has 0 spiro atoms. The van der Waals surface area contributed by atoms with Gasteiger partial charge in [0.25, 0.3) is 5.91 Å². The zero-order valence-corrected chi connectivity index (χ0v) is 20.8. The topological polar surface area (TPSA) is 20.3 Å². The number of alkyl halides is 6. The van der Waals surface area contributed by atoms with Crippen molar-refractivity contribution in [3.05, 3.63) is 95.6 Å². The van der Waals surface area contributed by atoms with Crippen LogP contribution in [0.3, 0.4) is 0 Å². The Balaban J connectivity index is 2.00. The normalized spacial score (nSPS) is 13.2. The second kappa shape index (κ2) is 11.0. The molecule has 0 saturated carbocycles. The summed E-state index contributed by atoms with van der Waals surface area (Å²) in [7, 11) is 0.482. The van der Waals surface area contributed by atoms with E-state index in [0.29, 0.717) is 18.3 Å². The molecule has 0 heterocycles. The van der Waals surface area contributed by atoms with E-state index in [4.69, 9.17) is 0 Å². The van der Waals surface area contributed by atoms with Crippen LogP contribution in [0.5, 0.6) is 0 Å². The second-order valence-electron chi connectivity index (χ2n) is 8.80. The SMILES string of the molecule is CC(C)[C@@H](CP(c1ccccc1)c1ccccc1)N(C)C(=O)c1cc(C(F)(F)F)cc(C(F)(F)F)c1. The highest BCUT2D eigenvalue weighted by Gasteiger charge is 2.38. The molecule has 0 aliphatic carbocycles. The van der Waals surface area contributed by atoms with Crippen molar-refractivity contribution in [2.24, 2.45) is 5.92 Å². The molecule has 192 valence electrons. The number of carbonyl (C=O) groups excluding carboxylic acids is 1. The van der Waals surface area contributed by atoms with Gasteiger partial charge in [-0.2, -0.15) is 26.3 Å². The molecule has 3 rings (SSSR count). The van der Waals surface area contributed by atoms with Gasteiger partial charge < -0.3 is 4.90 Å². The van der Waals surface area contributed by atoms with Gasteiger partial charge in [-0.15, -0.1) is 0 Å². The molecule has 0 aliphatic heterocycles. The summed E-state index contributed by atoms with van der Waals surface area (Å²) >= 11 is 0. The van der Waals surface area contributed by atoms with E-state index in [1.807, 2.05) is 74.5 Å². The molecule has 0 aromatic heterocycles. The summed E-state index contributed by atoms with van der Waals surface area (Å²) < 4.78 is 80.1. The van der Waals surface area contributed by atoms with Crippen LogP contribution < -0.4 is 10.6 Å². The van der Waals surface area contributed by atoms with Crippen molar-refractivity contribution in [1.82, 2.24) is 4.90 Å². The molecule has 0 N–H and O–H groups in total. The fourth-order valence-electron chi connectivity index (χ4n) is 3.98. The Hall–Kier alpha value is -2.86. The standard InChI is InChI=1S/C27H26F6NOP/c1-18(2)24(17-36(22-10-6-4-7-11-22)23-12-8-5-9-13-23)34(3)25(35)19-14-20(26(28,29)30)16-21(15-19)27(31,32)33/h4-16,18,24H,17H2,1-3H3/t24-/m1/s1. The van der Waals surface area contributed by atoms with Gasteiger partial charge in [0.05, 0.1) is 11.1 Å². The maximum atomic E-state index is 13.3. The van der Waals surface area contributed by atoms with Gasteiger partial charge in [-0.1, -0.05) is 74.5 Å². The van der Waals surface area contributed by atoms with E-state index >= 15 is 0 Å². The highest BCUT2D eigenvalue weighted by molar-refractivity contribution is 7.73. The fraction of sp³-hybridized carbons (Fsp3) is 0.296. The molecule has 1 atom stereocenters. The van der Waals surface area contributed by atoms with Gasteiger partial charge in [0.1, 0.15) is 0 Å². The Morgan fingerprint density at radius 2 is 1.19 bits per heavy atom. The first-order valence-electron chi connectivity index (χ1n) is 11.2. The Morgan fingerprint density at radius 3 is 1.56 bits per heavy atom. The molecule has 0 radical (unpaired) electrons. The van der Waals surface area contributed by atoms with E-state index < -0.39 is 48.9 Å². The first-order valence-corrected chi connectivity index (χ1v) is 12.8. The summed E-state index contributed by atoms with van der Waals surface area (Å²) in [5.74, 6) is -0.995. The molecule has 0 aliphatic rings. The Morgan fingerprint density at radius 1 is 0.778 bits per heavy atom. The number of halogens is 6. The molecule has 9 heteroatoms. The van der Waals surface area contributed by atoms with Gasteiger partial charge in [-0.3, -0.25) is 4.79 Å². The Bertz CT molecular complexity index is 1090. The summed E-state index contributed by atoms with van der Waals surface area (Å²) in [5.41, 5.74) is -3.66. The minimum Gasteiger partial charge on any atom is -0.338 e. The van der Waals surface area contributed by atoms with E-state index in [1.54, 1.807) is 0 Å². The predicted octanol–water partition coefficient (Wildman–Crippen LogP) is 6.95. The molecule has 2 nitrogen and oxygen atoms in total. The van der Waals surface area contributed by atoms with Crippen molar-refractivity contribution in [2.75, 3.05) is 13.2 Å². The highest BCUT2D eigenvalue weighted by atomic mass is 31.1. The zero-order valence-electron chi connectivity index (χ0n) is 19.9. The summed E-state index contributed by atoms with van der Waals surface area (Å²) in [4.78, 5) is 14.6. The van der Waals surface area contributed by atoms with Crippen molar-refractivity contribution in [3.8, 4) is 0 Å². The molecule has 0 unspecified atom stereocenters. The molecule has 36 heavy (non-hydrogen) atoms. The number of amides is 1. The third-order valence-electron chi connectivity index (χ3n) is 5.93. The lowest BCUT2D eigenvalue weighted by atomic mass is 10.0. The summed E-state index contributed by atoms with van der Waals surface area (Å²) in [6, 6.07) is 19.9. The minimum absolute atomic E-state index is 0.0285. The molecule has 3 aromatic carbocycles. The van der Waals surface area contributed by atoms with E-state index in [-0.39, 0.29) is 12.0 Å². The summed E-state index contributed by atoms with van der Waals surface area (Å²) in [6.07, 6.45) is -9.56. The summed E-state index contributed by atoms with van der Waals surface area (Å²) in [6.45, 7) is 3.76. The van der Waals surface area contributed by atoms with Crippen LogP contribution >= 0.6 is 7.92 Å². The second-order valence-corrected chi connectivity index (χ2v) is 11.1. The lowest BCUT2D eigenvalue weighted by Crippen LogP contribution is -2.43. The lowest BCUT2D eigenvalue weighted by Gasteiger charge is -2.35. The van der Waals surface area contributed by atoms with Crippen LogP contribution in [-0.2, 0) is 12.4 Å². The van der Waals surface area contributed by atoms with Crippen LogP contribution in [0.15, 0.2) is 78.9 Å². The van der Waals surface area contributed by atoms with Crippen molar-refractivity contribution in [2.45, 2.75) is 32.2 Å². The van der Waals surface area contributed by atoms with E-state index in [1.165, 1.54) is 11.9 Å². The Kier molecular flexibility index (Phi) is 8.50. The van der Waals surface area contributed by atoms with Crippen LogP contribution in [0.4, 0.5) is 26.3 Å². The number of hydrogen-bond acceptors (Lipinski definition) is 1. The van der Waals surface area contributed by atoms with E-state index in [9.17, 15) is 31.1 Å². The number of carbonyl (C=O) groups is 1. The van der Waals surface area contributed by atoms with Gasteiger partial charge in [0.2, 0.25) is 0 Å². The van der Waals surface area contributed by atoms with E-state index in [0.717, 1.165) is 10.6 Å². The smallest absolute Gasteiger partial charge is 0.338 e. The number of rotatable bonds is 7. The molecular formula is C27H26F6NOP. The third kappa shape index (κ3) is 6.67. The van der Waals surface area contributed by atoms with E-state index in [2.05, 4.69) is 0 Å². The molecule has 3 aromatic rings. The number of nitrogens with zero attached hydrogens (tertiary/aromatic N) is 1. The summed E-state index contributed by atoms with van der Waals surface area (Å²) in [5, 5.41) is 2.12. The predicted molar refractivity (Wildman–Crippen MR) is 131 cm³/mol. The minimum atomic E-state index is -5.03. The van der Waals surface area contributed by atoms with Gasteiger partial charge >= 0.3 is 12.4 Å². The Labute approximate surface area is 207 Å². The van der Waals surface area contributed by atoms with Crippen LogP contribution in [-0.4, -0.2) is 30.1 Å². The van der Waals surface area contributed by atoms with Gasteiger partial charge in [0.15, 0.2) is 0 Å². The van der Waals surface area contributed by atoms with Crippen LogP contribution in [0.25, 0.3) is 0 Å². The molecule has 0 bridgehead atoms. The number of hydrogen-bond donors (Lipinski definition) is 0. The first kappa shape index (κ1) is 27.7. The third-order valence-corrected chi connectivity index (χ3v) is 8.51. The van der Waals surface area contributed by atoms with Crippen LogP contribution in [0.2, 0.25) is 0 Å². The van der Waals surface area contributed by atoms with Crippen molar-refractivity contribution >= 4 is 24.4 Å². The maximum absolute atomic E-state index is 13.3. The molecule has 0 saturated heterocycles. The van der Waals surface area contributed by atoms with Crippen molar-refractivity contribution < 1.29 is 31.1 Å². The van der Waals surface area contributed by atoms with Crippen LogP contribution in [0, 0.1) is 5.92 Å². The fourth-order valence-corrected chi connectivity index (χ4v) is 6.80. The average molecular weight is 525 g/mol. The quantitative estimate of drug-likeness (QED) is 0.241. The van der Waals surface area contributed by atoms with Gasteiger partial charge in [0, 0.05) is 18.7 Å². The average Bonchev–Trinajstić information content (AvgIpc) is 2.83. The molecule has 1 amide bonds. The highest BCUT2D eigenvalue weighted by Crippen LogP contribution is 2.39. The van der Waals surface area contributed by atoms with Crippen molar-refractivity contribution in [3.63, 3.8) is 0 Å². The zero-order chi connectivity index (χ0) is 26.7. The van der Waals surface area contributed by atoms with Gasteiger partial charge in [-0.25, -0.2) is 0 Å².